The summed E-state index contributed by atoms with van der Waals surface area (Å²) in [5.41, 5.74) is 1.98. The molecule has 8 heteroatoms. The largest absolute Gasteiger partial charge is 0.369 e. The molecule has 2 rings (SSSR count). The Kier molecular flexibility index (Phi) is 7.91. The van der Waals surface area contributed by atoms with Gasteiger partial charge in [0, 0.05) is 31.4 Å². The van der Waals surface area contributed by atoms with Crippen LogP contribution in [0.5, 0.6) is 0 Å². The molecule has 1 saturated heterocycles. The number of aryl methyl sites for hydroxylation is 1. The Labute approximate surface area is 174 Å². The Balaban J connectivity index is 2.02. The molecule has 0 bridgehead atoms. The maximum absolute atomic E-state index is 13.4. The molecule has 0 amide bonds. The lowest BCUT2D eigenvalue weighted by atomic mass is 10.0. The number of hydrogen-bond donors (Lipinski definition) is 2. The summed E-state index contributed by atoms with van der Waals surface area (Å²) in [5, 5.41) is 6.65. The molecule has 2 N–H and O–H groups in total. The van der Waals surface area contributed by atoms with E-state index in [1.165, 1.54) is 6.07 Å². The average Bonchev–Trinajstić information content (AvgIpc) is 2.61. The first-order valence-electron chi connectivity index (χ1n) is 10.3. The quantitative estimate of drug-likeness (QED) is 0.541. The molecule has 0 spiro atoms. The zero-order chi connectivity index (χ0) is 21.7. The first kappa shape index (κ1) is 23.4. The smallest absolute Gasteiger partial charge is 0.191 e. The maximum atomic E-state index is 13.4. The number of sulfone groups is 1. The first-order chi connectivity index (χ1) is 13.5. The zero-order valence-electron chi connectivity index (χ0n) is 18.3. The van der Waals surface area contributed by atoms with Gasteiger partial charge in [0.15, 0.2) is 15.8 Å². The third-order valence-electron chi connectivity index (χ3n) is 5.17. The summed E-state index contributed by atoms with van der Waals surface area (Å²) in [6.45, 7) is 11.7. The van der Waals surface area contributed by atoms with Crippen LogP contribution in [0.4, 0.5) is 10.1 Å². The highest BCUT2D eigenvalue weighted by Crippen LogP contribution is 2.24. The van der Waals surface area contributed by atoms with Gasteiger partial charge in [-0.3, -0.25) is 4.99 Å². The van der Waals surface area contributed by atoms with E-state index in [0.717, 1.165) is 37.2 Å². The van der Waals surface area contributed by atoms with E-state index in [-0.39, 0.29) is 24.2 Å². The van der Waals surface area contributed by atoms with Crippen molar-refractivity contribution in [1.82, 2.24) is 10.6 Å². The second-order valence-electron chi connectivity index (χ2n) is 8.55. The number of piperidine rings is 1. The minimum absolute atomic E-state index is 0.0264. The summed E-state index contributed by atoms with van der Waals surface area (Å²) in [5.74, 6) is 0.447. The molecule has 164 valence electrons. The third kappa shape index (κ3) is 6.59. The average molecular weight is 427 g/mol. The fourth-order valence-corrected chi connectivity index (χ4v) is 4.33. The van der Waals surface area contributed by atoms with Crippen molar-refractivity contribution in [3.05, 3.63) is 29.6 Å². The SMILES string of the molecule is CCNC(=NCCS(=O)(=O)C(C)(C)C)NC1CCCN(c2ccc(F)cc2C)C1. The van der Waals surface area contributed by atoms with Crippen LogP contribution in [-0.2, 0) is 9.84 Å². The fourth-order valence-electron chi connectivity index (χ4n) is 3.38. The van der Waals surface area contributed by atoms with Crippen molar-refractivity contribution in [2.75, 3.05) is 36.8 Å². The molecule has 1 aliphatic heterocycles. The second kappa shape index (κ2) is 9.78. The summed E-state index contributed by atoms with van der Waals surface area (Å²) >= 11 is 0. The van der Waals surface area contributed by atoms with Gasteiger partial charge in [-0.05, 0) is 71.2 Å². The highest BCUT2D eigenvalue weighted by Gasteiger charge is 2.28. The molecule has 1 fully saturated rings. The van der Waals surface area contributed by atoms with Crippen LogP contribution < -0.4 is 15.5 Å². The lowest BCUT2D eigenvalue weighted by Crippen LogP contribution is -2.51. The van der Waals surface area contributed by atoms with Crippen molar-refractivity contribution < 1.29 is 12.8 Å². The Morgan fingerprint density at radius 1 is 1.34 bits per heavy atom. The molecule has 6 nitrogen and oxygen atoms in total. The monoisotopic (exact) mass is 426 g/mol. The van der Waals surface area contributed by atoms with E-state index in [4.69, 9.17) is 0 Å². The lowest BCUT2D eigenvalue weighted by molar-refractivity contribution is 0.467. The van der Waals surface area contributed by atoms with Gasteiger partial charge in [0.25, 0.3) is 0 Å². The van der Waals surface area contributed by atoms with Crippen LogP contribution in [0.25, 0.3) is 0 Å². The van der Waals surface area contributed by atoms with Crippen LogP contribution in [0.15, 0.2) is 23.2 Å². The van der Waals surface area contributed by atoms with Crippen molar-refractivity contribution in [2.24, 2.45) is 4.99 Å². The van der Waals surface area contributed by atoms with Crippen molar-refractivity contribution in [3.63, 3.8) is 0 Å². The number of guanidine groups is 1. The molecular formula is C21H35FN4O2S. The van der Waals surface area contributed by atoms with Crippen LogP contribution in [-0.4, -0.2) is 57.1 Å². The van der Waals surface area contributed by atoms with Gasteiger partial charge in [0.1, 0.15) is 5.82 Å². The third-order valence-corrected chi connectivity index (χ3v) is 7.75. The highest BCUT2D eigenvalue weighted by atomic mass is 32.2. The van der Waals surface area contributed by atoms with Gasteiger partial charge in [-0.1, -0.05) is 0 Å². The minimum atomic E-state index is -3.20. The van der Waals surface area contributed by atoms with E-state index in [1.807, 2.05) is 19.9 Å². The Morgan fingerprint density at radius 3 is 2.69 bits per heavy atom. The van der Waals surface area contributed by atoms with E-state index in [9.17, 15) is 12.8 Å². The molecule has 1 atom stereocenters. The van der Waals surface area contributed by atoms with E-state index < -0.39 is 14.6 Å². The Hall–Kier alpha value is -1.83. The van der Waals surface area contributed by atoms with Crippen LogP contribution in [0.1, 0.15) is 46.1 Å². The number of nitrogens with zero attached hydrogens (tertiary/aromatic N) is 2. The number of anilines is 1. The number of hydrogen-bond acceptors (Lipinski definition) is 4. The standard InChI is InChI=1S/C21H35FN4O2S/c1-6-23-20(24-11-13-29(27,28)21(3,4)5)25-18-8-7-12-26(15-18)19-10-9-17(22)14-16(19)2/h9-10,14,18H,6-8,11-13,15H2,1-5H3,(H2,23,24,25). The van der Waals surface area contributed by atoms with E-state index in [0.29, 0.717) is 12.5 Å². The van der Waals surface area contributed by atoms with Gasteiger partial charge >= 0.3 is 0 Å². The maximum Gasteiger partial charge on any atom is 0.191 e. The van der Waals surface area contributed by atoms with Gasteiger partial charge in [0.05, 0.1) is 17.0 Å². The highest BCUT2D eigenvalue weighted by molar-refractivity contribution is 7.92. The van der Waals surface area contributed by atoms with Gasteiger partial charge in [-0.15, -0.1) is 0 Å². The predicted octanol–water partition coefficient (Wildman–Crippen LogP) is 2.87. The zero-order valence-corrected chi connectivity index (χ0v) is 19.1. The predicted molar refractivity (Wildman–Crippen MR) is 119 cm³/mol. The molecule has 1 aliphatic rings. The summed E-state index contributed by atoms with van der Waals surface area (Å²) in [6, 6.07) is 5.09. The molecule has 1 unspecified atom stereocenters. The molecule has 1 aromatic rings. The molecule has 0 aromatic heterocycles. The van der Waals surface area contributed by atoms with Crippen LogP contribution >= 0.6 is 0 Å². The summed E-state index contributed by atoms with van der Waals surface area (Å²) in [6.07, 6.45) is 2.02. The van der Waals surface area contributed by atoms with Crippen molar-refractivity contribution >= 4 is 21.5 Å². The van der Waals surface area contributed by atoms with E-state index in [2.05, 4.69) is 20.5 Å². The molecule has 29 heavy (non-hydrogen) atoms. The summed E-state index contributed by atoms with van der Waals surface area (Å²) < 4.78 is 37.2. The number of nitrogens with one attached hydrogen (secondary N) is 2. The van der Waals surface area contributed by atoms with Crippen LogP contribution in [0.2, 0.25) is 0 Å². The molecule has 0 saturated carbocycles. The van der Waals surface area contributed by atoms with Crippen LogP contribution in [0, 0.1) is 12.7 Å². The van der Waals surface area contributed by atoms with Crippen molar-refractivity contribution in [1.29, 1.82) is 0 Å². The van der Waals surface area contributed by atoms with Gasteiger partial charge in [-0.2, -0.15) is 0 Å². The first-order valence-corrected chi connectivity index (χ1v) is 12.0. The number of aliphatic imine (C=N–C) groups is 1. The normalized spacial score (nSPS) is 18.6. The Bertz CT molecular complexity index is 818. The van der Waals surface area contributed by atoms with Gasteiger partial charge in [0.2, 0.25) is 0 Å². The fraction of sp³-hybridized carbons (Fsp3) is 0.667. The van der Waals surface area contributed by atoms with E-state index in [1.54, 1.807) is 26.8 Å². The van der Waals surface area contributed by atoms with Gasteiger partial charge in [-0.25, -0.2) is 12.8 Å². The second-order valence-corrected chi connectivity index (χ2v) is 11.4. The summed E-state index contributed by atoms with van der Waals surface area (Å²) in [7, 11) is -3.20. The van der Waals surface area contributed by atoms with Crippen LogP contribution in [0.3, 0.4) is 0 Å². The molecule has 1 heterocycles. The molecule has 1 aromatic carbocycles. The number of benzene rings is 1. The van der Waals surface area contributed by atoms with Gasteiger partial charge < -0.3 is 15.5 Å². The topological polar surface area (TPSA) is 73.8 Å². The molecule has 0 aliphatic carbocycles. The van der Waals surface area contributed by atoms with Crippen molar-refractivity contribution in [3.8, 4) is 0 Å². The number of halogens is 1. The molecule has 0 radical (unpaired) electrons. The lowest BCUT2D eigenvalue weighted by Gasteiger charge is -2.36. The minimum Gasteiger partial charge on any atom is -0.369 e. The Morgan fingerprint density at radius 2 is 2.07 bits per heavy atom. The number of rotatable bonds is 6. The van der Waals surface area contributed by atoms with Crippen molar-refractivity contribution in [2.45, 2.75) is 58.2 Å². The summed E-state index contributed by atoms with van der Waals surface area (Å²) in [4.78, 5) is 6.75. The molecular weight excluding hydrogens is 391 g/mol. The van der Waals surface area contributed by atoms with E-state index >= 15 is 0 Å².